The second-order valence-corrected chi connectivity index (χ2v) is 6.94. The van der Waals surface area contributed by atoms with Crippen LogP contribution in [0.1, 0.15) is 38.9 Å². The fraction of sp³-hybridized carbons (Fsp3) is 0.667. The number of hydrogen-bond acceptors (Lipinski definition) is 4. The third-order valence-electron chi connectivity index (χ3n) is 4.18. The van der Waals surface area contributed by atoms with E-state index >= 15 is 0 Å². The largest absolute Gasteiger partial charge is 0.461 e. The van der Waals surface area contributed by atoms with Gasteiger partial charge in [0.25, 0.3) is 0 Å². The van der Waals surface area contributed by atoms with Gasteiger partial charge in [0.05, 0.1) is 12.2 Å². The summed E-state index contributed by atoms with van der Waals surface area (Å²) < 4.78 is 99.4. The molecule has 0 spiro atoms. The summed E-state index contributed by atoms with van der Waals surface area (Å²) >= 11 is 0. The SMILES string of the molecule is CC(C)OC(CCN(C)C(C)(O)C(F)(F)F)c1cccc(OC(F)(F)C(F)F)c1. The summed E-state index contributed by atoms with van der Waals surface area (Å²) in [6.45, 7) is 3.66. The van der Waals surface area contributed by atoms with Crippen molar-refractivity contribution in [3.63, 3.8) is 0 Å². The Hall–Kier alpha value is -1.59. The van der Waals surface area contributed by atoms with E-state index in [2.05, 4.69) is 4.74 Å². The first-order valence-corrected chi connectivity index (χ1v) is 8.68. The molecule has 0 amide bonds. The van der Waals surface area contributed by atoms with Crippen LogP contribution >= 0.6 is 0 Å². The van der Waals surface area contributed by atoms with Crippen molar-refractivity contribution in [3.05, 3.63) is 29.8 Å². The fourth-order valence-corrected chi connectivity index (χ4v) is 2.37. The van der Waals surface area contributed by atoms with Gasteiger partial charge in [0.15, 0.2) is 0 Å². The summed E-state index contributed by atoms with van der Waals surface area (Å²) in [6, 6.07) is 4.83. The maximum atomic E-state index is 13.1. The molecule has 2 atom stereocenters. The predicted octanol–water partition coefficient (Wildman–Crippen LogP) is 4.98. The van der Waals surface area contributed by atoms with Crippen molar-refractivity contribution in [1.29, 1.82) is 0 Å². The second-order valence-electron chi connectivity index (χ2n) is 6.94. The standard InChI is InChI=1S/C18H24F7NO3/c1-11(2)28-14(8-9-26(4)16(3,27)18(23,24)25)12-6-5-7-13(10-12)29-17(21,22)15(19)20/h5-7,10-11,14-15,27H,8-9H2,1-4H3. The molecule has 1 aromatic rings. The van der Waals surface area contributed by atoms with Crippen molar-refractivity contribution in [3.8, 4) is 5.75 Å². The molecule has 0 saturated carbocycles. The minimum absolute atomic E-state index is 0.0460. The Morgan fingerprint density at radius 2 is 1.69 bits per heavy atom. The van der Waals surface area contributed by atoms with E-state index in [9.17, 15) is 35.8 Å². The van der Waals surface area contributed by atoms with Crippen molar-refractivity contribution in [2.24, 2.45) is 0 Å². The van der Waals surface area contributed by atoms with Gasteiger partial charge < -0.3 is 14.6 Å². The van der Waals surface area contributed by atoms with Gasteiger partial charge in [-0.25, -0.2) is 0 Å². The number of hydrogen-bond donors (Lipinski definition) is 1. The van der Waals surface area contributed by atoms with Crippen molar-refractivity contribution < 1.29 is 45.3 Å². The van der Waals surface area contributed by atoms with Gasteiger partial charge in [-0.05, 0) is 51.9 Å². The van der Waals surface area contributed by atoms with Gasteiger partial charge in [-0.2, -0.15) is 30.7 Å². The number of halogens is 7. The number of ether oxygens (including phenoxy) is 2. The smallest absolute Gasteiger partial charge is 0.428 e. The normalized spacial score (nSPS) is 16.4. The first-order valence-electron chi connectivity index (χ1n) is 8.68. The Balaban J connectivity index is 3.01. The van der Waals surface area contributed by atoms with E-state index in [1.54, 1.807) is 13.8 Å². The lowest BCUT2D eigenvalue weighted by Crippen LogP contribution is -2.55. The molecule has 0 bridgehead atoms. The lowest BCUT2D eigenvalue weighted by molar-refractivity contribution is -0.304. The Morgan fingerprint density at radius 1 is 1.10 bits per heavy atom. The lowest BCUT2D eigenvalue weighted by atomic mass is 10.0. The lowest BCUT2D eigenvalue weighted by Gasteiger charge is -2.36. The molecule has 0 aliphatic heterocycles. The zero-order valence-electron chi connectivity index (χ0n) is 16.3. The van der Waals surface area contributed by atoms with Gasteiger partial charge >= 0.3 is 18.7 Å². The third-order valence-corrected chi connectivity index (χ3v) is 4.18. The maximum absolute atomic E-state index is 13.1. The summed E-state index contributed by atoms with van der Waals surface area (Å²) in [5, 5.41) is 9.69. The Morgan fingerprint density at radius 3 is 2.17 bits per heavy atom. The fourth-order valence-electron chi connectivity index (χ4n) is 2.37. The van der Waals surface area contributed by atoms with E-state index in [1.165, 1.54) is 12.1 Å². The molecule has 0 aromatic heterocycles. The molecule has 0 fully saturated rings. The van der Waals surface area contributed by atoms with Crippen molar-refractivity contribution in [2.75, 3.05) is 13.6 Å². The third kappa shape index (κ3) is 7.00. The van der Waals surface area contributed by atoms with E-state index < -0.39 is 36.3 Å². The van der Waals surface area contributed by atoms with Crippen LogP contribution in [0.15, 0.2) is 24.3 Å². The Labute approximate surface area is 164 Å². The zero-order chi connectivity index (χ0) is 22.6. The van der Waals surface area contributed by atoms with E-state index in [0.717, 1.165) is 19.2 Å². The highest BCUT2D eigenvalue weighted by atomic mass is 19.4. The maximum Gasteiger partial charge on any atom is 0.461 e. The second kappa shape index (κ2) is 9.48. The van der Waals surface area contributed by atoms with Crippen LogP contribution in [0.4, 0.5) is 30.7 Å². The average molecular weight is 435 g/mol. The molecule has 4 nitrogen and oxygen atoms in total. The van der Waals surface area contributed by atoms with Crippen LogP contribution < -0.4 is 4.74 Å². The topological polar surface area (TPSA) is 41.9 Å². The summed E-state index contributed by atoms with van der Waals surface area (Å²) in [5.74, 6) is -0.541. The van der Waals surface area contributed by atoms with Crippen LogP contribution in [0.3, 0.4) is 0 Å². The molecule has 11 heteroatoms. The van der Waals surface area contributed by atoms with Gasteiger partial charge in [0.1, 0.15) is 5.75 Å². The molecule has 1 N–H and O–H groups in total. The highest BCUT2D eigenvalue weighted by Crippen LogP contribution is 2.34. The molecule has 29 heavy (non-hydrogen) atoms. The van der Waals surface area contributed by atoms with Crippen molar-refractivity contribution in [1.82, 2.24) is 4.90 Å². The molecule has 0 aliphatic carbocycles. The molecular weight excluding hydrogens is 411 g/mol. The molecule has 0 saturated heterocycles. The summed E-state index contributed by atoms with van der Waals surface area (Å²) in [6.07, 6.45) is -14.9. The van der Waals surface area contributed by atoms with Crippen LogP contribution in [0.2, 0.25) is 0 Å². The molecule has 1 aromatic carbocycles. The summed E-state index contributed by atoms with van der Waals surface area (Å²) in [4.78, 5) is 0.676. The number of alkyl halides is 7. The number of benzene rings is 1. The van der Waals surface area contributed by atoms with E-state index in [1.807, 2.05) is 0 Å². The molecule has 2 unspecified atom stereocenters. The Bertz CT molecular complexity index is 651. The Kier molecular flexibility index (Phi) is 8.32. The monoisotopic (exact) mass is 435 g/mol. The van der Waals surface area contributed by atoms with E-state index in [0.29, 0.717) is 11.8 Å². The molecular formula is C18H24F7NO3. The molecule has 1 rings (SSSR count). The van der Waals surface area contributed by atoms with Crippen LogP contribution in [0, 0.1) is 0 Å². The average Bonchev–Trinajstić information content (AvgIpc) is 2.56. The van der Waals surface area contributed by atoms with Gasteiger partial charge in [0.2, 0.25) is 5.72 Å². The summed E-state index contributed by atoms with van der Waals surface area (Å²) in [5.41, 5.74) is -2.83. The number of aliphatic hydroxyl groups is 1. The van der Waals surface area contributed by atoms with Crippen LogP contribution in [-0.2, 0) is 4.74 Å². The van der Waals surface area contributed by atoms with Crippen LogP contribution in [0.5, 0.6) is 5.75 Å². The first kappa shape index (κ1) is 25.4. The molecule has 0 aliphatic rings. The highest BCUT2D eigenvalue weighted by Gasteiger charge is 2.52. The minimum Gasteiger partial charge on any atom is -0.428 e. The minimum atomic E-state index is -4.90. The summed E-state index contributed by atoms with van der Waals surface area (Å²) in [7, 11) is 1.07. The quantitative estimate of drug-likeness (QED) is 0.416. The molecule has 0 heterocycles. The van der Waals surface area contributed by atoms with E-state index in [-0.39, 0.29) is 24.6 Å². The number of nitrogens with zero attached hydrogens (tertiary/aromatic N) is 1. The highest BCUT2D eigenvalue weighted by molar-refractivity contribution is 5.30. The van der Waals surface area contributed by atoms with Crippen LogP contribution in [-0.4, -0.2) is 54.1 Å². The zero-order valence-corrected chi connectivity index (χ0v) is 16.3. The van der Waals surface area contributed by atoms with Gasteiger partial charge in [-0.15, -0.1) is 0 Å². The van der Waals surface area contributed by atoms with Gasteiger partial charge in [0, 0.05) is 6.54 Å². The molecule has 0 radical (unpaired) electrons. The van der Waals surface area contributed by atoms with E-state index in [4.69, 9.17) is 4.74 Å². The molecule has 168 valence electrons. The van der Waals surface area contributed by atoms with Crippen molar-refractivity contribution >= 4 is 0 Å². The van der Waals surface area contributed by atoms with Gasteiger partial charge in [-0.3, -0.25) is 4.90 Å². The number of rotatable bonds is 10. The predicted molar refractivity (Wildman–Crippen MR) is 90.9 cm³/mol. The van der Waals surface area contributed by atoms with Crippen LogP contribution in [0.25, 0.3) is 0 Å². The first-order chi connectivity index (χ1) is 13.1. The van der Waals surface area contributed by atoms with Crippen molar-refractivity contribution in [2.45, 2.75) is 63.8 Å². The van der Waals surface area contributed by atoms with Gasteiger partial charge in [-0.1, -0.05) is 12.1 Å².